The summed E-state index contributed by atoms with van der Waals surface area (Å²) in [6.07, 6.45) is 4.33. The van der Waals surface area contributed by atoms with E-state index in [1.54, 1.807) is 31.6 Å². The number of methoxy groups -OCH3 is 1. The average molecular weight is 333 g/mol. The maximum absolute atomic E-state index is 11.9. The molecule has 24 heavy (non-hydrogen) atoms. The molecule has 0 radical (unpaired) electrons. The zero-order chi connectivity index (χ0) is 17.2. The van der Waals surface area contributed by atoms with Crippen molar-refractivity contribution in [3.63, 3.8) is 0 Å². The van der Waals surface area contributed by atoms with Crippen LogP contribution in [-0.4, -0.2) is 68.2 Å². The smallest absolute Gasteiger partial charge is 0.252 e. The molecule has 2 N–H and O–H groups in total. The summed E-state index contributed by atoms with van der Waals surface area (Å²) in [6.45, 7) is 6.66. The Labute approximate surface area is 143 Å². The second-order valence-electron chi connectivity index (χ2n) is 5.79. The predicted octanol–water partition coefficient (Wildman–Crippen LogP) is 0.745. The topological polar surface area (TPSA) is 78.8 Å². The predicted molar refractivity (Wildman–Crippen MR) is 94.1 cm³/mol. The molecule has 0 aliphatic carbocycles. The van der Waals surface area contributed by atoms with Crippen LogP contribution < -0.4 is 10.6 Å². The molecular weight excluding hydrogens is 306 g/mol. The van der Waals surface area contributed by atoms with Gasteiger partial charge in [-0.25, -0.2) is 0 Å². The lowest BCUT2D eigenvalue weighted by molar-refractivity contribution is 0.0954. The quantitative estimate of drug-likeness (QED) is 0.437. The lowest BCUT2D eigenvalue weighted by atomic mass is 10.1. The van der Waals surface area contributed by atoms with E-state index in [9.17, 15) is 4.79 Å². The van der Waals surface area contributed by atoms with Gasteiger partial charge in [0.25, 0.3) is 5.91 Å². The van der Waals surface area contributed by atoms with Crippen LogP contribution in [0.15, 0.2) is 29.5 Å². The Kier molecular flexibility index (Phi) is 7.48. The third kappa shape index (κ3) is 5.49. The Balaban J connectivity index is 1.80. The molecule has 1 aromatic rings. The van der Waals surface area contributed by atoms with Crippen molar-refractivity contribution in [1.82, 2.24) is 20.5 Å². The van der Waals surface area contributed by atoms with Gasteiger partial charge in [-0.15, -0.1) is 0 Å². The van der Waals surface area contributed by atoms with Gasteiger partial charge >= 0.3 is 0 Å². The molecule has 2 rings (SSSR count). The molecule has 1 aromatic heterocycles. The largest absolute Gasteiger partial charge is 0.384 e. The Morgan fingerprint density at radius 1 is 1.50 bits per heavy atom. The first-order chi connectivity index (χ1) is 11.7. The molecule has 0 aromatic carbocycles. The van der Waals surface area contributed by atoms with Crippen molar-refractivity contribution < 1.29 is 9.53 Å². The monoisotopic (exact) mass is 333 g/mol. The fraction of sp³-hybridized carbons (Fsp3) is 0.588. The molecule has 132 valence electrons. The number of aliphatic imine (C=N–C) groups is 1. The third-order valence-electron chi connectivity index (χ3n) is 3.91. The fourth-order valence-electron chi connectivity index (χ4n) is 2.75. The number of likely N-dealkylation sites (tertiary alicyclic amines) is 1. The first kappa shape index (κ1) is 18.2. The van der Waals surface area contributed by atoms with E-state index in [1.807, 2.05) is 0 Å². The molecule has 0 bridgehead atoms. The van der Waals surface area contributed by atoms with Crippen LogP contribution in [0, 0.1) is 5.92 Å². The second-order valence-corrected chi connectivity index (χ2v) is 5.79. The number of carbonyl (C=O) groups excluding carboxylic acids is 1. The van der Waals surface area contributed by atoms with Crippen molar-refractivity contribution in [3.8, 4) is 0 Å². The number of amides is 1. The van der Waals surface area contributed by atoms with E-state index in [4.69, 9.17) is 4.74 Å². The molecule has 1 unspecified atom stereocenters. The standard InChI is InChI=1S/C17H27N5O2/c1-3-19-17(22-10-6-14(12-22)13-24-2)21-9-8-20-16(23)15-5-4-7-18-11-15/h4-5,7,11,14H,3,6,8-10,12-13H2,1-2H3,(H,19,21)(H,20,23). The van der Waals surface area contributed by atoms with Gasteiger partial charge in [0.05, 0.1) is 18.7 Å². The number of pyridine rings is 1. The maximum Gasteiger partial charge on any atom is 0.252 e. The Hall–Kier alpha value is -2.15. The normalized spacial score (nSPS) is 17.8. The minimum atomic E-state index is -0.121. The summed E-state index contributed by atoms with van der Waals surface area (Å²) in [4.78, 5) is 22.8. The summed E-state index contributed by atoms with van der Waals surface area (Å²) in [7, 11) is 1.74. The van der Waals surface area contributed by atoms with Crippen LogP contribution in [0.25, 0.3) is 0 Å². The van der Waals surface area contributed by atoms with E-state index in [-0.39, 0.29) is 5.91 Å². The van der Waals surface area contributed by atoms with E-state index >= 15 is 0 Å². The number of aromatic nitrogens is 1. The molecule has 1 atom stereocenters. The molecule has 1 saturated heterocycles. The molecule has 1 fully saturated rings. The maximum atomic E-state index is 11.9. The molecule has 7 heteroatoms. The van der Waals surface area contributed by atoms with E-state index in [0.29, 0.717) is 24.6 Å². The van der Waals surface area contributed by atoms with Gasteiger partial charge in [-0.3, -0.25) is 14.8 Å². The number of nitrogens with zero attached hydrogens (tertiary/aromatic N) is 3. The van der Waals surface area contributed by atoms with Gasteiger partial charge in [0.2, 0.25) is 0 Å². The number of hydrogen-bond donors (Lipinski definition) is 2. The highest BCUT2D eigenvalue weighted by Crippen LogP contribution is 2.16. The van der Waals surface area contributed by atoms with E-state index in [0.717, 1.165) is 38.6 Å². The van der Waals surface area contributed by atoms with Gasteiger partial charge in [-0.2, -0.15) is 0 Å². The van der Waals surface area contributed by atoms with E-state index in [2.05, 4.69) is 32.4 Å². The summed E-state index contributed by atoms with van der Waals surface area (Å²) in [6, 6.07) is 3.50. The van der Waals surface area contributed by atoms with E-state index < -0.39 is 0 Å². The van der Waals surface area contributed by atoms with E-state index in [1.165, 1.54) is 0 Å². The molecule has 7 nitrogen and oxygen atoms in total. The lowest BCUT2D eigenvalue weighted by Crippen LogP contribution is -2.40. The lowest BCUT2D eigenvalue weighted by Gasteiger charge is -2.21. The van der Waals surface area contributed by atoms with Crippen molar-refractivity contribution in [1.29, 1.82) is 0 Å². The molecule has 1 amide bonds. The molecular formula is C17H27N5O2. The average Bonchev–Trinajstić information content (AvgIpc) is 3.07. The summed E-state index contributed by atoms with van der Waals surface area (Å²) < 4.78 is 5.24. The van der Waals surface area contributed by atoms with Crippen LogP contribution >= 0.6 is 0 Å². The zero-order valence-corrected chi connectivity index (χ0v) is 14.5. The van der Waals surface area contributed by atoms with Crippen LogP contribution in [0.2, 0.25) is 0 Å². The van der Waals surface area contributed by atoms with Crippen molar-refractivity contribution in [2.24, 2.45) is 10.9 Å². The SMILES string of the molecule is CCNC(=NCCNC(=O)c1cccnc1)N1CCC(COC)C1. The van der Waals surface area contributed by atoms with Crippen molar-refractivity contribution in [3.05, 3.63) is 30.1 Å². The number of guanidine groups is 1. The summed E-state index contributed by atoms with van der Waals surface area (Å²) in [5.74, 6) is 1.35. The first-order valence-electron chi connectivity index (χ1n) is 8.45. The molecule has 1 aliphatic heterocycles. The number of hydrogen-bond acceptors (Lipinski definition) is 4. The Morgan fingerprint density at radius 3 is 3.08 bits per heavy atom. The minimum Gasteiger partial charge on any atom is -0.384 e. The van der Waals surface area contributed by atoms with Gasteiger partial charge < -0.3 is 20.3 Å². The van der Waals surface area contributed by atoms with Crippen molar-refractivity contribution in [2.75, 3.05) is 46.4 Å². The van der Waals surface area contributed by atoms with Gasteiger partial charge in [-0.05, 0) is 25.5 Å². The second kappa shape index (κ2) is 9.87. The molecule has 0 spiro atoms. The van der Waals surface area contributed by atoms with Gasteiger partial charge in [0.15, 0.2) is 5.96 Å². The molecule has 1 aliphatic rings. The number of nitrogens with one attached hydrogen (secondary N) is 2. The minimum absolute atomic E-state index is 0.121. The Morgan fingerprint density at radius 2 is 2.38 bits per heavy atom. The van der Waals surface area contributed by atoms with Crippen LogP contribution in [0.3, 0.4) is 0 Å². The fourth-order valence-corrected chi connectivity index (χ4v) is 2.75. The number of ether oxygens (including phenoxy) is 1. The first-order valence-corrected chi connectivity index (χ1v) is 8.45. The van der Waals surface area contributed by atoms with Crippen LogP contribution in [-0.2, 0) is 4.74 Å². The van der Waals surface area contributed by atoms with Gasteiger partial charge in [0.1, 0.15) is 0 Å². The summed E-state index contributed by atoms with van der Waals surface area (Å²) >= 11 is 0. The van der Waals surface area contributed by atoms with Crippen molar-refractivity contribution in [2.45, 2.75) is 13.3 Å². The highest BCUT2D eigenvalue weighted by molar-refractivity contribution is 5.93. The summed E-state index contributed by atoms with van der Waals surface area (Å²) in [5, 5.41) is 6.18. The highest BCUT2D eigenvalue weighted by atomic mass is 16.5. The van der Waals surface area contributed by atoms with Gasteiger partial charge in [-0.1, -0.05) is 0 Å². The molecule has 0 saturated carbocycles. The number of carbonyl (C=O) groups is 1. The zero-order valence-electron chi connectivity index (χ0n) is 14.5. The van der Waals surface area contributed by atoms with Gasteiger partial charge in [0, 0.05) is 51.6 Å². The van der Waals surface area contributed by atoms with Crippen LogP contribution in [0.5, 0.6) is 0 Å². The van der Waals surface area contributed by atoms with Crippen molar-refractivity contribution >= 4 is 11.9 Å². The Bertz CT molecular complexity index is 535. The third-order valence-corrected chi connectivity index (χ3v) is 3.91. The highest BCUT2D eigenvalue weighted by Gasteiger charge is 2.24. The number of rotatable bonds is 7. The van der Waals surface area contributed by atoms with Crippen LogP contribution in [0.1, 0.15) is 23.7 Å². The molecule has 2 heterocycles. The summed E-state index contributed by atoms with van der Waals surface area (Å²) in [5.41, 5.74) is 0.565. The van der Waals surface area contributed by atoms with Crippen LogP contribution in [0.4, 0.5) is 0 Å².